The molecule has 4 nitrogen and oxygen atoms in total. The second-order valence-corrected chi connectivity index (χ2v) is 5.87. The zero-order valence-electron chi connectivity index (χ0n) is 9.60. The number of carbonyl (C=O) groups is 1. The van der Waals surface area contributed by atoms with Crippen LogP contribution in [-0.4, -0.2) is 23.5 Å². The van der Waals surface area contributed by atoms with Crippen LogP contribution in [-0.2, 0) is 4.79 Å². The topological polar surface area (TPSA) is 78.9 Å². The minimum Gasteiger partial charge on any atom is -0.330 e. The van der Waals surface area contributed by atoms with E-state index in [1.807, 2.05) is 6.07 Å². The van der Waals surface area contributed by atoms with Gasteiger partial charge in [0.1, 0.15) is 11.1 Å². The van der Waals surface area contributed by atoms with Gasteiger partial charge in [-0.25, -0.2) is 0 Å². The summed E-state index contributed by atoms with van der Waals surface area (Å²) in [5.41, 5.74) is 5.95. The standard InChI is InChI=1S/C11H15N3OS2/c1-8(2-4-12)17-7-10(15)14-11-9(6-13)3-5-16-11/h3,5,8H,2,4,7,12H2,1H3,(H,14,15). The monoisotopic (exact) mass is 269 g/mol. The first-order valence-corrected chi connectivity index (χ1v) is 7.19. The summed E-state index contributed by atoms with van der Waals surface area (Å²) >= 11 is 2.94. The molecular weight excluding hydrogens is 254 g/mol. The third-order valence-corrected chi connectivity index (χ3v) is 4.17. The van der Waals surface area contributed by atoms with Crippen molar-refractivity contribution in [1.82, 2.24) is 0 Å². The summed E-state index contributed by atoms with van der Waals surface area (Å²) in [6.45, 7) is 2.69. The van der Waals surface area contributed by atoms with Gasteiger partial charge in [0.15, 0.2) is 0 Å². The summed E-state index contributed by atoms with van der Waals surface area (Å²) in [6.07, 6.45) is 0.903. The molecule has 1 rings (SSSR count). The maximum absolute atomic E-state index is 11.6. The molecule has 0 aliphatic rings. The molecule has 17 heavy (non-hydrogen) atoms. The number of thioether (sulfide) groups is 1. The average molecular weight is 269 g/mol. The lowest BCUT2D eigenvalue weighted by Crippen LogP contribution is -2.16. The summed E-state index contributed by atoms with van der Waals surface area (Å²) in [6, 6.07) is 3.74. The van der Waals surface area contributed by atoms with Gasteiger partial charge in [0, 0.05) is 5.25 Å². The zero-order valence-corrected chi connectivity index (χ0v) is 11.2. The largest absolute Gasteiger partial charge is 0.330 e. The van der Waals surface area contributed by atoms with Crippen molar-refractivity contribution >= 4 is 34.0 Å². The first-order valence-electron chi connectivity index (χ1n) is 5.26. The highest BCUT2D eigenvalue weighted by atomic mass is 32.2. The van der Waals surface area contributed by atoms with E-state index in [2.05, 4.69) is 12.2 Å². The summed E-state index contributed by atoms with van der Waals surface area (Å²) < 4.78 is 0. The molecule has 6 heteroatoms. The maximum atomic E-state index is 11.6. The van der Waals surface area contributed by atoms with E-state index in [4.69, 9.17) is 11.0 Å². The fraction of sp³-hybridized carbons (Fsp3) is 0.455. The Balaban J connectivity index is 2.38. The van der Waals surface area contributed by atoms with E-state index in [-0.39, 0.29) is 5.91 Å². The van der Waals surface area contributed by atoms with Gasteiger partial charge in [0.2, 0.25) is 5.91 Å². The molecule has 0 radical (unpaired) electrons. The van der Waals surface area contributed by atoms with Gasteiger partial charge < -0.3 is 11.1 Å². The molecular formula is C11H15N3OS2. The van der Waals surface area contributed by atoms with E-state index in [9.17, 15) is 4.79 Å². The predicted molar refractivity (Wildman–Crippen MR) is 73.3 cm³/mol. The molecule has 0 saturated carbocycles. The molecule has 1 amide bonds. The van der Waals surface area contributed by atoms with Crippen molar-refractivity contribution in [3.05, 3.63) is 17.0 Å². The number of hydrogen-bond acceptors (Lipinski definition) is 5. The van der Waals surface area contributed by atoms with Crippen molar-refractivity contribution in [2.75, 3.05) is 17.6 Å². The van der Waals surface area contributed by atoms with Crippen LogP contribution in [0.25, 0.3) is 0 Å². The number of rotatable bonds is 6. The number of nitrogens with zero attached hydrogens (tertiary/aromatic N) is 1. The SMILES string of the molecule is CC(CCN)SCC(=O)Nc1sccc1C#N. The molecule has 0 bridgehead atoms. The molecule has 1 atom stereocenters. The van der Waals surface area contributed by atoms with Crippen LogP contribution in [0.3, 0.4) is 0 Å². The van der Waals surface area contributed by atoms with Crippen molar-refractivity contribution in [3.8, 4) is 6.07 Å². The number of thiophene rings is 1. The molecule has 0 spiro atoms. The fourth-order valence-electron chi connectivity index (χ4n) is 1.19. The van der Waals surface area contributed by atoms with Crippen LogP contribution in [0.15, 0.2) is 11.4 Å². The lowest BCUT2D eigenvalue weighted by atomic mass is 10.3. The van der Waals surface area contributed by atoms with E-state index < -0.39 is 0 Å². The lowest BCUT2D eigenvalue weighted by Gasteiger charge is -2.09. The highest BCUT2D eigenvalue weighted by molar-refractivity contribution is 8.00. The van der Waals surface area contributed by atoms with Crippen LogP contribution < -0.4 is 11.1 Å². The third kappa shape index (κ3) is 4.77. The normalized spacial score (nSPS) is 11.8. The van der Waals surface area contributed by atoms with Crippen molar-refractivity contribution in [2.45, 2.75) is 18.6 Å². The highest BCUT2D eigenvalue weighted by Crippen LogP contribution is 2.22. The second-order valence-electron chi connectivity index (χ2n) is 3.52. The summed E-state index contributed by atoms with van der Waals surface area (Å²) in [5, 5.41) is 14.3. The van der Waals surface area contributed by atoms with Gasteiger partial charge >= 0.3 is 0 Å². The third-order valence-electron chi connectivity index (χ3n) is 2.11. The first kappa shape index (κ1) is 14.0. The number of anilines is 1. The second kappa shape index (κ2) is 7.33. The molecule has 92 valence electrons. The van der Waals surface area contributed by atoms with Gasteiger partial charge in [-0.2, -0.15) is 5.26 Å². The van der Waals surface area contributed by atoms with Crippen molar-refractivity contribution in [3.63, 3.8) is 0 Å². The van der Waals surface area contributed by atoms with Crippen molar-refractivity contribution < 1.29 is 4.79 Å². The Bertz CT molecular complexity index is 411. The molecule has 0 aliphatic heterocycles. The van der Waals surface area contributed by atoms with Gasteiger partial charge in [-0.15, -0.1) is 23.1 Å². The predicted octanol–water partition coefficient (Wildman–Crippen LogP) is 2.03. The number of nitrogens with two attached hydrogens (primary N) is 1. The Morgan fingerprint density at radius 1 is 1.76 bits per heavy atom. The number of amides is 1. The number of nitrogens with one attached hydrogen (secondary N) is 1. The summed E-state index contributed by atoms with van der Waals surface area (Å²) in [7, 11) is 0. The molecule has 1 heterocycles. The Kier molecular flexibility index (Phi) is 6.05. The summed E-state index contributed by atoms with van der Waals surface area (Å²) in [5.74, 6) is 0.321. The highest BCUT2D eigenvalue weighted by Gasteiger charge is 2.10. The number of hydrogen-bond donors (Lipinski definition) is 2. The molecule has 3 N–H and O–H groups in total. The molecule has 1 aromatic rings. The lowest BCUT2D eigenvalue weighted by molar-refractivity contribution is -0.113. The minimum absolute atomic E-state index is 0.0715. The van der Waals surface area contributed by atoms with Gasteiger partial charge in [-0.3, -0.25) is 4.79 Å². The Hall–Kier alpha value is -1.03. The fourth-order valence-corrected chi connectivity index (χ4v) is 2.76. The van der Waals surface area contributed by atoms with Gasteiger partial charge in [-0.05, 0) is 24.4 Å². The Morgan fingerprint density at radius 3 is 3.18 bits per heavy atom. The molecule has 0 aromatic carbocycles. The minimum atomic E-state index is -0.0715. The number of nitriles is 1. The molecule has 0 saturated heterocycles. The van der Waals surface area contributed by atoms with Crippen molar-refractivity contribution in [1.29, 1.82) is 5.26 Å². The maximum Gasteiger partial charge on any atom is 0.235 e. The van der Waals surface area contributed by atoms with E-state index in [0.717, 1.165) is 6.42 Å². The van der Waals surface area contributed by atoms with Gasteiger partial charge in [0.25, 0.3) is 0 Å². The van der Waals surface area contributed by atoms with E-state index in [1.165, 1.54) is 11.3 Å². The van der Waals surface area contributed by atoms with E-state index >= 15 is 0 Å². The molecule has 0 aliphatic carbocycles. The number of carbonyl (C=O) groups excluding carboxylic acids is 1. The molecule has 1 unspecified atom stereocenters. The van der Waals surface area contributed by atoms with Crippen LogP contribution in [0.5, 0.6) is 0 Å². The molecule has 0 fully saturated rings. The Morgan fingerprint density at radius 2 is 2.53 bits per heavy atom. The van der Waals surface area contributed by atoms with Gasteiger partial charge in [0.05, 0.1) is 11.3 Å². The molecule has 1 aromatic heterocycles. The Labute approximate surface area is 109 Å². The average Bonchev–Trinajstić information content (AvgIpc) is 2.74. The van der Waals surface area contributed by atoms with Crippen LogP contribution in [0, 0.1) is 11.3 Å². The van der Waals surface area contributed by atoms with Crippen LogP contribution in [0.1, 0.15) is 18.9 Å². The quantitative estimate of drug-likeness (QED) is 0.828. The van der Waals surface area contributed by atoms with E-state index in [1.54, 1.807) is 23.2 Å². The van der Waals surface area contributed by atoms with Crippen LogP contribution in [0.4, 0.5) is 5.00 Å². The smallest absolute Gasteiger partial charge is 0.235 e. The van der Waals surface area contributed by atoms with Gasteiger partial charge in [-0.1, -0.05) is 6.92 Å². The van der Waals surface area contributed by atoms with E-state index in [0.29, 0.717) is 28.1 Å². The van der Waals surface area contributed by atoms with Crippen molar-refractivity contribution in [2.24, 2.45) is 5.73 Å². The first-order chi connectivity index (χ1) is 8.17. The zero-order chi connectivity index (χ0) is 12.7. The van der Waals surface area contributed by atoms with Crippen LogP contribution >= 0.6 is 23.1 Å². The summed E-state index contributed by atoms with van der Waals surface area (Å²) in [4.78, 5) is 11.6. The van der Waals surface area contributed by atoms with Crippen LogP contribution in [0.2, 0.25) is 0 Å².